The molecule has 2 aliphatic carbocycles. The van der Waals surface area contributed by atoms with E-state index in [9.17, 15) is 0 Å². The molecule has 0 unspecified atom stereocenters. The number of hydrogen-bond acceptors (Lipinski definition) is 1. The maximum atomic E-state index is 2.52. The van der Waals surface area contributed by atoms with E-state index < -0.39 is 5.41 Å². The Morgan fingerprint density at radius 2 is 0.661 bits per heavy atom. The molecule has 0 amide bonds. The quantitative estimate of drug-likeness (QED) is 0.162. The molecule has 0 bridgehead atoms. The molecule has 10 aromatic carbocycles. The van der Waals surface area contributed by atoms with Crippen LogP contribution in [-0.4, -0.2) is 0 Å². The van der Waals surface area contributed by atoms with Gasteiger partial charge in [-0.25, -0.2) is 0 Å². The predicted molar refractivity (Wildman–Crippen MR) is 250 cm³/mol. The number of hydrogen-bond donors (Lipinski definition) is 0. The van der Waals surface area contributed by atoms with Crippen molar-refractivity contribution in [2.24, 2.45) is 0 Å². The van der Waals surface area contributed by atoms with Gasteiger partial charge in [0, 0.05) is 17.1 Å². The highest BCUT2D eigenvalue weighted by Gasteiger charge is 2.52. The molecule has 2 aliphatic rings. The van der Waals surface area contributed by atoms with Gasteiger partial charge in [0.15, 0.2) is 0 Å². The molecule has 1 spiro atoms. The van der Waals surface area contributed by atoms with Crippen molar-refractivity contribution < 1.29 is 0 Å². The second-order valence-corrected chi connectivity index (χ2v) is 16.7. The molecule has 278 valence electrons. The Morgan fingerprint density at radius 3 is 1.19 bits per heavy atom. The summed E-state index contributed by atoms with van der Waals surface area (Å²) in [6.07, 6.45) is 0. The van der Waals surface area contributed by atoms with Crippen molar-refractivity contribution in [1.82, 2.24) is 0 Å². The number of fused-ring (bicyclic) bond motifs is 16. The highest BCUT2D eigenvalue weighted by molar-refractivity contribution is 6.25. The van der Waals surface area contributed by atoms with Crippen LogP contribution in [-0.2, 0) is 5.41 Å². The number of anilines is 3. The van der Waals surface area contributed by atoms with Gasteiger partial charge in [-0.2, -0.15) is 0 Å². The van der Waals surface area contributed by atoms with E-state index in [1.165, 1.54) is 105 Å². The van der Waals surface area contributed by atoms with E-state index in [4.69, 9.17) is 0 Å². The van der Waals surface area contributed by atoms with Crippen LogP contribution in [0.4, 0.5) is 17.1 Å². The summed E-state index contributed by atoms with van der Waals surface area (Å²) < 4.78 is 0. The van der Waals surface area contributed by atoms with Gasteiger partial charge in [-0.05, 0) is 145 Å². The molecule has 1 heteroatoms. The van der Waals surface area contributed by atoms with Crippen LogP contribution in [0.5, 0.6) is 0 Å². The summed E-state index contributed by atoms with van der Waals surface area (Å²) in [5.74, 6) is 0. The minimum Gasteiger partial charge on any atom is -0.310 e. The summed E-state index contributed by atoms with van der Waals surface area (Å²) >= 11 is 0. The Kier molecular flexibility index (Phi) is 7.26. The Hall–Kier alpha value is -7.22. The SMILES string of the molecule is Cc1ccc2c(c1)C1(c3cc(C)ccc3-2)c2cc(C)ccc2-c2ccc(N(c3ccc(-c4ccccc4)cc3)c3ccc4c5ccccc5c5ccccc5c4c3)cc21. The predicted octanol–water partition coefficient (Wildman–Crippen LogP) is 15.6. The highest BCUT2D eigenvalue weighted by atomic mass is 15.1. The standard InChI is InChI=1S/C58H41N/c1-36-17-26-49-50-27-18-37(2)32-55(50)58(54(49)31-36)56-33-38(3)19-28-51(56)52-30-25-43(35-57(52)58)59(41-22-20-40(21-23-41)39-11-5-4-6-12-39)42-24-29-48-46-15-8-7-13-44(46)45-14-9-10-16-47(45)53(48)34-42/h4-35H,1-3H3. The molecular formula is C58H41N. The fourth-order valence-corrected chi connectivity index (χ4v) is 10.6. The third kappa shape index (κ3) is 4.85. The average Bonchev–Trinajstić information content (AvgIpc) is 3.72. The van der Waals surface area contributed by atoms with Crippen LogP contribution in [0, 0.1) is 20.8 Å². The lowest BCUT2D eigenvalue weighted by atomic mass is 9.70. The van der Waals surface area contributed by atoms with E-state index in [0.29, 0.717) is 0 Å². The van der Waals surface area contributed by atoms with Gasteiger partial charge in [0.2, 0.25) is 0 Å². The highest BCUT2D eigenvalue weighted by Crippen LogP contribution is 2.64. The Balaban J connectivity index is 1.14. The van der Waals surface area contributed by atoms with Gasteiger partial charge in [0.25, 0.3) is 0 Å². The molecule has 12 rings (SSSR count). The van der Waals surface area contributed by atoms with Gasteiger partial charge in [0.1, 0.15) is 0 Å². The van der Waals surface area contributed by atoms with E-state index in [1.54, 1.807) is 0 Å². The number of benzene rings is 10. The first kappa shape index (κ1) is 33.9. The first-order valence-electron chi connectivity index (χ1n) is 20.7. The van der Waals surface area contributed by atoms with Crippen molar-refractivity contribution in [2.75, 3.05) is 4.90 Å². The minimum absolute atomic E-state index is 0.448. The summed E-state index contributed by atoms with van der Waals surface area (Å²) in [7, 11) is 0. The van der Waals surface area contributed by atoms with Crippen LogP contribution < -0.4 is 4.90 Å². The summed E-state index contributed by atoms with van der Waals surface area (Å²) in [4.78, 5) is 2.48. The van der Waals surface area contributed by atoms with Crippen LogP contribution in [0.15, 0.2) is 194 Å². The third-order valence-electron chi connectivity index (χ3n) is 13.2. The molecule has 0 atom stereocenters. The van der Waals surface area contributed by atoms with E-state index >= 15 is 0 Å². The summed E-state index contributed by atoms with van der Waals surface area (Å²) in [6, 6.07) is 73.1. The minimum atomic E-state index is -0.448. The van der Waals surface area contributed by atoms with Gasteiger partial charge >= 0.3 is 0 Å². The average molecular weight is 752 g/mol. The maximum absolute atomic E-state index is 2.52. The summed E-state index contributed by atoms with van der Waals surface area (Å²) in [5, 5.41) is 7.65. The van der Waals surface area contributed by atoms with E-state index in [-0.39, 0.29) is 0 Å². The van der Waals surface area contributed by atoms with Gasteiger partial charge < -0.3 is 4.90 Å². The first-order chi connectivity index (χ1) is 29.0. The zero-order chi connectivity index (χ0) is 39.4. The number of rotatable bonds is 4. The smallest absolute Gasteiger partial charge is 0.0726 e. The van der Waals surface area contributed by atoms with Crippen LogP contribution in [0.25, 0.3) is 65.7 Å². The number of nitrogens with zero attached hydrogens (tertiary/aromatic N) is 1. The van der Waals surface area contributed by atoms with Crippen molar-refractivity contribution >= 4 is 49.4 Å². The van der Waals surface area contributed by atoms with Gasteiger partial charge in [-0.1, -0.05) is 174 Å². The Bertz CT molecular complexity index is 3240. The monoisotopic (exact) mass is 751 g/mol. The molecule has 0 aromatic heterocycles. The molecule has 10 aromatic rings. The lowest BCUT2D eigenvalue weighted by Crippen LogP contribution is -2.26. The van der Waals surface area contributed by atoms with Crippen molar-refractivity contribution in [2.45, 2.75) is 26.2 Å². The first-order valence-corrected chi connectivity index (χ1v) is 20.7. The lowest BCUT2D eigenvalue weighted by Gasteiger charge is -2.33. The third-order valence-corrected chi connectivity index (χ3v) is 13.2. The number of aryl methyl sites for hydroxylation is 3. The molecule has 0 aliphatic heterocycles. The van der Waals surface area contributed by atoms with E-state index in [2.05, 4.69) is 220 Å². The molecule has 0 N–H and O–H groups in total. The fraction of sp³-hybridized carbons (Fsp3) is 0.0690. The van der Waals surface area contributed by atoms with E-state index in [1.807, 2.05) is 0 Å². The van der Waals surface area contributed by atoms with Gasteiger partial charge in [-0.15, -0.1) is 0 Å². The van der Waals surface area contributed by atoms with Crippen molar-refractivity contribution in [3.8, 4) is 33.4 Å². The van der Waals surface area contributed by atoms with E-state index in [0.717, 1.165) is 17.1 Å². The molecule has 1 nitrogen and oxygen atoms in total. The maximum Gasteiger partial charge on any atom is 0.0726 e. The second-order valence-electron chi connectivity index (χ2n) is 16.7. The molecule has 0 radical (unpaired) electrons. The molecular weight excluding hydrogens is 711 g/mol. The van der Waals surface area contributed by atoms with Gasteiger partial charge in [0.05, 0.1) is 5.41 Å². The lowest BCUT2D eigenvalue weighted by molar-refractivity contribution is 0.790. The van der Waals surface area contributed by atoms with Crippen LogP contribution in [0.2, 0.25) is 0 Å². The molecule has 0 heterocycles. The van der Waals surface area contributed by atoms with Crippen molar-refractivity contribution in [1.29, 1.82) is 0 Å². The summed E-state index contributed by atoms with van der Waals surface area (Å²) in [5.41, 5.74) is 20.0. The Morgan fingerprint density at radius 1 is 0.288 bits per heavy atom. The topological polar surface area (TPSA) is 3.24 Å². The molecule has 59 heavy (non-hydrogen) atoms. The van der Waals surface area contributed by atoms with Crippen molar-refractivity contribution in [3.05, 3.63) is 233 Å². The normalized spacial score (nSPS) is 13.1. The molecule has 0 fully saturated rings. The van der Waals surface area contributed by atoms with Crippen molar-refractivity contribution in [3.63, 3.8) is 0 Å². The summed E-state index contributed by atoms with van der Waals surface area (Å²) in [6.45, 7) is 6.71. The van der Waals surface area contributed by atoms with Crippen LogP contribution in [0.1, 0.15) is 38.9 Å². The van der Waals surface area contributed by atoms with Crippen LogP contribution >= 0.6 is 0 Å². The second kappa shape index (κ2) is 12.6. The largest absolute Gasteiger partial charge is 0.310 e. The molecule has 0 saturated carbocycles. The zero-order valence-electron chi connectivity index (χ0n) is 33.4. The Labute approximate surface area is 345 Å². The van der Waals surface area contributed by atoms with Crippen LogP contribution in [0.3, 0.4) is 0 Å². The zero-order valence-corrected chi connectivity index (χ0v) is 33.4. The molecule has 0 saturated heterocycles. The fourth-order valence-electron chi connectivity index (χ4n) is 10.6. The van der Waals surface area contributed by atoms with Gasteiger partial charge in [-0.3, -0.25) is 0 Å².